The van der Waals surface area contributed by atoms with Crippen molar-refractivity contribution in [3.63, 3.8) is 0 Å². The van der Waals surface area contributed by atoms with Gasteiger partial charge in [0.15, 0.2) is 5.78 Å². The lowest BCUT2D eigenvalue weighted by Gasteiger charge is -2.36. The van der Waals surface area contributed by atoms with E-state index < -0.39 is 5.95 Å². The summed E-state index contributed by atoms with van der Waals surface area (Å²) in [7, 11) is 0. The van der Waals surface area contributed by atoms with Crippen LogP contribution in [-0.2, 0) is 28.7 Å². The Morgan fingerprint density at radius 3 is 2.76 bits per heavy atom. The number of carbonyl (C=O) groups is 1. The van der Waals surface area contributed by atoms with Crippen molar-refractivity contribution in [1.82, 2.24) is 9.97 Å². The number of ether oxygens (including phenoxy) is 2. The van der Waals surface area contributed by atoms with E-state index >= 15 is 0 Å². The molecule has 4 rings (SSSR count). The predicted molar refractivity (Wildman–Crippen MR) is 107 cm³/mol. The Morgan fingerprint density at radius 2 is 2.00 bits per heavy atom. The molecule has 2 aromatic heterocycles. The first-order valence-electron chi connectivity index (χ1n) is 10.1. The molecule has 0 aromatic carbocycles. The van der Waals surface area contributed by atoms with Crippen molar-refractivity contribution in [1.29, 1.82) is 0 Å². The van der Waals surface area contributed by atoms with E-state index in [9.17, 15) is 9.18 Å². The van der Waals surface area contributed by atoms with Crippen molar-refractivity contribution in [2.45, 2.75) is 45.3 Å². The number of morpholine rings is 1. The first-order valence-corrected chi connectivity index (χ1v) is 10.1. The van der Waals surface area contributed by atoms with E-state index in [1.165, 1.54) is 6.20 Å². The molecule has 0 radical (unpaired) electrons. The van der Waals surface area contributed by atoms with Crippen LogP contribution in [0.25, 0.3) is 0 Å². The van der Waals surface area contributed by atoms with Gasteiger partial charge in [-0.2, -0.15) is 4.39 Å². The largest absolute Gasteiger partial charge is 0.381 e. The fraction of sp³-hybridized carbons (Fsp3) is 0.500. The third-order valence-corrected chi connectivity index (χ3v) is 5.41. The summed E-state index contributed by atoms with van der Waals surface area (Å²) in [6.45, 7) is 6.66. The molecule has 4 heterocycles. The van der Waals surface area contributed by atoms with Crippen molar-refractivity contribution in [2.24, 2.45) is 0 Å². The van der Waals surface area contributed by atoms with E-state index in [1.54, 1.807) is 12.1 Å². The molecule has 7 heteroatoms. The molecule has 2 aromatic rings. The maximum atomic E-state index is 14.0. The molecule has 0 bridgehead atoms. The van der Waals surface area contributed by atoms with Gasteiger partial charge in [0.25, 0.3) is 0 Å². The maximum Gasteiger partial charge on any atom is 0.216 e. The number of Topliss-reactive ketones (excluding diaryl/α,β-unsaturated/α-hetero) is 1. The molecule has 0 unspecified atom stereocenters. The third kappa shape index (κ3) is 4.46. The Bertz CT molecular complexity index is 895. The van der Waals surface area contributed by atoms with Crippen LogP contribution in [0.2, 0.25) is 0 Å². The fourth-order valence-electron chi connectivity index (χ4n) is 4.14. The van der Waals surface area contributed by atoms with Gasteiger partial charge in [0.2, 0.25) is 5.95 Å². The molecule has 0 spiro atoms. The van der Waals surface area contributed by atoms with Gasteiger partial charge in [-0.1, -0.05) is 6.07 Å². The zero-order chi connectivity index (χ0) is 20.4. The number of halogens is 1. The first kappa shape index (κ1) is 19.9. The number of rotatable bonds is 4. The topological polar surface area (TPSA) is 64.6 Å². The van der Waals surface area contributed by atoms with Crippen LogP contribution in [0.3, 0.4) is 0 Å². The van der Waals surface area contributed by atoms with E-state index in [0.29, 0.717) is 37.2 Å². The SMILES string of the molecule is C[C@@H]1CN(c2cc(C(=O)Cc3cccnc3F)c3c(n2)CCOCC3)C[C@H](C)O1. The average molecular weight is 399 g/mol. The third-order valence-electron chi connectivity index (χ3n) is 5.41. The molecular formula is C22H26FN3O3. The number of hydrogen-bond acceptors (Lipinski definition) is 6. The summed E-state index contributed by atoms with van der Waals surface area (Å²) in [6, 6.07) is 5.12. The fourth-order valence-corrected chi connectivity index (χ4v) is 4.14. The van der Waals surface area contributed by atoms with Gasteiger partial charge in [-0.05, 0) is 38.0 Å². The standard InChI is InChI=1S/C22H26FN3O3/c1-14-12-26(13-15(2)29-14)21-11-18(17-5-8-28-9-6-19(17)25-21)20(27)10-16-4-3-7-24-22(16)23/h3-4,7,11,14-15H,5-6,8-10,12-13H2,1-2H3/t14-,15+. The number of pyridine rings is 2. The number of anilines is 1. The van der Waals surface area contributed by atoms with Crippen LogP contribution in [-0.4, -0.2) is 54.3 Å². The van der Waals surface area contributed by atoms with Crippen LogP contribution >= 0.6 is 0 Å². The van der Waals surface area contributed by atoms with Crippen LogP contribution in [0.1, 0.15) is 41.0 Å². The number of carbonyl (C=O) groups excluding carboxylic acids is 1. The van der Waals surface area contributed by atoms with Crippen LogP contribution < -0.4 is 4.90 Å². The zero-order valence-electron chi connectivity index (χ0n) is 16.9. The summed E-state index contributed by atoms with van der Waals surface area (Å²) in [5.74, 6) is 0.0658. The molecule has 2 aliphatic heterocycles. The highest BCUT2D eigenvalue weighted by atomic mass is 19.1. The van der Waals surface area contributed by atoms with Gasteiger partial charge in [0.05, 0.1) is 25.4 Å². The van der Waals surface area contributed by atoms with Crippen molar-refractivity contribution in [2.75, 3.05) is 31.2 Å². The average Bonchev–Trinajstić information content (AvgIpc) is 2.93. The minimum Gasteiger partial charge on any atom is -0.381 e. The molecule has 0 aliphatic carbocycles. The Morgan fingerprint density at radius 1 is 1.24 bits per heavy atom. The van der Waals surface area contributed by atoms with Crippen molar-refractivity contribution in [3.8, 4) is 0 Å². The van der Waals surface area contributed by atoms with Crippen LogP contribution in [0, 0.1) is 5.95 Å². The van der Waals surface area contributed by atoms with Gasteiger partial charge >= 0.3 is 0 Å². The maximum absolute atomic E-state index is 14.0. The lowest BCUT2D eigenvalue weighted by molar-refractivity contribution is -0.00547. The quantitative estimate of drug-likeness (QED) is 0.582. The van der Waals surface area contributed by atoms with Crippen LogP contribution in [0.5, 0.6) is 0 Å². The summed E-state index contributed by atoms with van der Waals surface area (Å²) in [5.41, 5.74) is 2.75. The molecule has 2 aliphatic rings. The second kappa shape index (κ2) is 8.55. The zero-order valence-corrected chi connectivity index (χ0v) is 16.9. The highest BCUT2D eigenvalue weighted by Crippen LogP contribution is 2.27. The second-order valence-corrected chi connectivity index (χ2v) is 7.78. The molecule has 29 heavy (non-hydrogen) atoms. The second-order valence-electron chi connectivity index (χ2n) is 7.78. The number of ketones is 1. The van der Waals surface area contributed by atoms with Crippen molar-refractivity contribution >= 4 is 11.6 Å². The van der Waals surface area contributed by atoms with Gasteiger partial charge < -0.3 is 14.4 Å². The highest BCUT2D eigenvalue weighted by Gasteiger charge is 2.27. The lowest BCUT2D eigenvalue weighted by Crippen LogP contribution is -2.46. The summed E-state index contributed by atoms with van der Waals surface area (Å²) >= 11 is 0. The Labute approximate surface area is 170 Å². The minimum absolute atomic E-state index is 0.0215. The molecular weight excluding hydrogens is 373 g/mol. The summed E-state index contributed by atoms with van der Waals surface area (Å²) in [5, 5.41) is 0. The Balaban J connectivity index is 1.71. The van der Waals surface area contributed by atoms with Crippen LogP contribution in [0.15, 0.2) is 24.4 Å². The lowest BCUT2D eigenvalue weighted by atomic mass is 9.95. The Kier molecular flexibility index (Phi) is 5.87. The molecule has 2 atom stereocenters. The number of aromatic nitrogens is 2. The van der Waals surface area contributed by atoms with Gasteiger partial charge in [-0.25, -0.2) is 9.97 Å². The van der Waals surface area contributed by atoms with E-state index in [4.69, 9.17) is 14.5 Å². The Hall–Kier alpha value is -2.38. The molecule has 154 valence electrons. The van der Waals surface area contributed by atoms with Crippen molar-refractivity contribution in [3.05, 3.63) is 52.7 Å². The van der Waals surface area contributed by atoms with E-state index in [1.807, 2.05) is 19.9 Å². The van der Waals surface area contributed by atoms with Gasteiger partial charge in [0.1, 0.15) is 5.82 Å². The van der Waals surface area contributed by atoms with E-state index in [0.717, 1.165) is 30.2 Å². The summed E-state index contributed by atoms with van der Waals surface area (Å²) < 4.78 is 25.5. The monoisotopic (exact) mass is 399 g/mol. The predicted octanol–water partition coefficient (Wildman–Crippen LogP) is 2.77. The number of fused-ring (bicyclic) bond motifs is 1. The molecule has 0 N–H and O–H groups in total. The smallest absolute Gasteiger partial charge is 0.216 e. The van der Waals surface area contributed by atoms with Gasteiger partial charge in [0, 0.05) is 48.9 Å². The molecule has 1 saturated heterocycles. The van der Waals surface area contributed by atoms with Gasteiger partial charge in [-0.3, -0.25) is 4.79 Å². The van der Waals surface area contributed by atoms with E-state index in [2.05, 4.69) is 9.88 Å². The summed E-state index contributed by atoms with van der Waals surface area (Å²) in [4.78, 5) is 23.9. The molecule has 6 nitrogen and oxygen atoms in total. The first-order chi connectivity index (χ1) is 14.0. The molecule has 0 amide bonds. The van der Waals surface area contributed by atoms with Gasteiger partial charge in [-0.15, -0.1) is 0 Å². The number of hydrogen-bond donors (Lipinski definition) is 0. The molecule has 0 saturated carbocycles. The number of nitrogens with zero attached hydrogens (tertiary/aromatic N) is 3. The summed E-state index contributed by atoms with van der Waals surface area (Å²) in [6.07, 6.45) is 2.84. The highest BCUT2D eigenvalue weighted by molar-refractivity contribution is 5.99. The van der Waals surface area contributed by atoms with Crippen LogP contribution in [0.4, 0.5) is 10.2 Å². The minimum atomic E-state index is -0.597. The normalized spacial score (nSPS) is 22.1. The van der Waals surface area contributed by atoms with E-state index in [-0.39, 0.29) is 24.4 Å². The van der Waals surface area contributed by atoms with Crippen molar-refractivity contribution < 1.29 is 18.7 Å². The molecule has 1 fully saturated rings.